The molecule has 11 nitrogen and oxygen atoms in total. The molecule has 0 atom stereocenters. The number of hydrogen-bond acceptors (Lipinski definition) is 8. The first-order valence-electron chi connectivity index (χ1n) is 4.34. The van der Waals surface area contributed by atoms with Crippen molar-refractivity contribution in [3.63, 3.8) is 0 Å². The molecule has 0 aliphatic heterocycles. The first-order valence-corrected chi connectivity index (χ1v) is 5.13. The van der Waals surface area contributed by atoms with E-state index >= 15 is 0 Å². The Balaban J connectivity index is 2.09. The van der Waals surface area contributed by atoms with Crippen LogP contribution in [0.5, 0.6) is 0 Å². The molecule has 0 amide bonds. The Labute approximate surface area is 102 Å². The summed E-state index contributed by atoms with van der Waals surface area (Å²) in [6, 6.07) is 0. The second-order valence-electron chi connectivity index (χ2n) is 2.92. The van der Waals surface area contributed by atoms with Gasteiger partial charge in [0.2, 0.25) is 4.73 Å². The summed E-state index contributed by atoms with van der Waals surface area (Å²) in [6.45, 7) is 0.634. The Bertz CT molecular complexity index is 547. The lowest BCUT2D eigenvalue weighted by Crippen LogP contribution is -2.12. The fraction of sp³-hybridized carbons (Fsp3) is 0.400. The molecule has 2 heterocycles. The lowest BCUT2D eigenvalue weighted by Gasteiger charge is -1.98. The van der Waals surface area contributed by atoms with Gasteiger partial charge in [-0.25, -0.2) is 4.68 Å². The van der Waals surface area contributed by atoms with Crippen molar-refractivity contribution in [3.05, 3.63) is 14.8 Å². The van der Waals surface area contributed by atoms with Gasteiger partial charge >= 0.3 is 11.9 Å². The zero-order chi connectivity index (χ0) is 12.4. The average molecular weight is 304 g/mol. The molecule has 0 spiro atoms. The van der Waals surface area contributed by atoms with E-state index in [4.69, 9.17) is 5.73 Å². The van der Waals surface area contributed by atoms with Crippen molar-refractivity contribution in [1.29, 1.82) is 0 Å². The summed E-state index contributed by atoms with van der Waals surface area (Å²) in [5.74, 6) is -0.556. The minimum Gasteiger partial charge on any atom is -0.390 e. The number of aromatic nitrogens is 7. The van der Waals surface area contributed by atoms with E-state index in [1.165, 1.54) is 9.36 Å². The third kappa shape index (κ3) is 2.35. The molecule has 0 aromatic carbocycles. The molecular formula is C5H6BrN9O2. The number of aryl methyl sites for hydroxylation is 2. The van der Waals surface area contributed by atoms with Crippen LogP contribution in [0.2, 0.25) is 0 Å². The highest BCUT2D eigenvalue weighted by Gasteiger charge is 2.19. The topological polar surface area (TPSA) is 143 Å². The van der Waals surface area contributed by atoms with Gasteiger partial charge in [-0.1, -0.05) is 0 Å². The number of hydrogen-bond donors (Lipinski definition) is 1. The largest absolute Gasteiger partial charge is 0.493 e. The van der Waals surface area contributed by atoms with E-state index in [9.17, 15) is 10.1 Å². The number of nitrogen functional groups attached to an aromatic ring is 1. The highest BCUT2D eigenvalue weighted by atomic mass is 79.9. The summed E-state index contributed by atoms with van der Waals surface area (Å²) in [5, 5.41) is 24.8. The quantitative estimate of drug-likeness (QED) is 0.572. The van der Waals surface area contributed by atoms with E-state index in [1.54, 1.807) is 0 Å². The molecule has 0 saturated heterocycles. The SMILES string of the molecule is Nc1nc([N+](=O)[O-])nn1CCn1nnnc1Br. The van der Waals surface area contributed by atoms with Crippen LogP contribution < -0.4 is 5.73 Å². The maximum atomic E-state index is 10.4. The highest BCUT2D eigenvalue weighted by molar-refractivity contribution is 9.10. The molecule has 2 rings (SSSR count). The number of nitrogens with zero attached hydrogens (tertiary/aromatic N) is 8. The third-order valence-electron chi connectivity index (χ3n) is 1.86. The van der Waals surface area contributed by atoms with Gasteiger partial charge in [0.05, 0.1) is 13.1 Å². The Hall–Kier alpha value is -2.11. The van der Waals surface area contributed by atoms with Crippen LogP contribution in [0.15, 0.2) is 4.73 Å². The lowest BCUT2D eigenvalue weighted by atomic mass is 10.6. The first kappa shape index (κ1) is 11.4. The number of rotatable bonds is 4. The van der Waals surface area contributed by atoms with Crippen molar-refractivity contribution < 1.29 is 4.92 Å². The molecule has 90 valence electrons. The standard InChI is InChI=1S/C5H6BrN9O2/c6-3-9-11-12-13(3)1-2-14-4(7)8-5(10-14)15(16)17/h1-2H2,(H2,7,8,10). The number of tetrazole rings is 1. The van der Waals surface area contributed by atoms with E-state index in [0.717, 1.165) is 0 Å². The van der Waals surface area contributed by atoms with Gasteiger partial charge in [0, 0.05) is 5.10 Å². The molecule has 2 aromatic heterocycles. The van der Waals surface area contributed by atoms with Crippen molar-refractivity contribution >= 4 is 27.8 Å². The molecule has 0 bridgehead atoms. The predicted molar refractivity (Wildman–Crippen MR) is 56.6 cm³/mol. The van der Waals surface area contributed by atoms with Crippen molar-refractivity contribution in [1.82, 2.24) is 35.0 Å². The third-order valence-corrected chi connectivity index (χ3v) is 2.43. The van der Waals surface area contributed by atoms with Crippen molar-refractivity contribution in [3.8, 4) is 0 Å². The molecule has 2 N–H and O–H groups in total. The van der Waals surface area contributed by atoms with Crippen LogP contribution in [0.3, 0.4) is 0 Å². The Morgan fingerprint density at radius 3 is 2.65 bits per heavy atom. The Kier molecular flexibility index (Phi) is 2.95. The summed E-state index contributed by atoms with van der Waals surface area (Å²) in [5.41, 5.74) is 5.47. The number of nitro groups is 1. The lowest BCUT2D eigenvalue weighted by molar-refractivity contribution is -0.394. The van der Waals surface area contributed by atoms with Gasteiger partial charge < -0.3 is 15.8 Å². The summed E-state index contributed by atoms with van der Waals surface area (Å²) < 4.78 is 3.12. The fourth-order valence-electron chi connectivity index (χ4n) is 1.10. The zero-order valence-corrected chi connectivity index (χ0v) is 9.85. The van der Waals surface area contributed by atoms with Gasteiger partial charge in [0.25, 0.3) is 0 Å². The van der Waals surface area contributed by atoms with E-state index in [-0.39, 0.29) is 12.5 Å². The zero-order valence-electron chi connectivity index (χ0n) is 8.26. The minimum atomic E-state index is -0.709. The first-order chi connectivity index (χ1) is 8.08. The van der Waals surface area contributed by atoms with Gasteiger partial charge in [0.15, 0.2) is 0 Å². The summed E-state index contributed by atoms with van der Waals surface area (Å²) in [6.07, 6.45) is 0. The molecular weight excluding hydrogens is 298 g/mol. The highest BCUT2D eigenvalue weighted by Crippen LogP contribution is 2.08. The molecule has 17 heavy (non-hydrogen) atoms. The second kappa shape index (κ2) is 4.40. The van der Waals surface area contributed by atoms with Crippen molar-refractivity contribution in [2.75, 3.05) is 5.73 Å². The van der Waals surface area contributed by atoms with Gasteiger partial charge in [-0.2, -0.15) is 4.68 Å². The van der Waals surface area contributed by atoms with Crippen LogP contribution in [0.1, 0.15) is 0 Å². The summed E-state index contributed by atoms with van der Waals surface area (Å²) in [7, 11) is 0. The van der Waals surface area contributed by atoms with Crippen LogP contribution in [-0.2, 0) is 13.1 Å². The molecule has 0 fully saturated rings. The molecule has 0 radical (unpaired) electrons. The molecule has 2 aromatic rings. The monoisotopic (exact) mass is 303 g/mol. The maximum absolute atomic E-state index is 10.4. The molecule has 0 saturated carbocycles. The number of anilines is 1. The molecule has 0 aliphatic carbocycles. The van der Waals surface area contributed by atoms with E-state index in [1.807, 2.05) is 0 Å². The second-order valence-corrected chi connectivity index (χ2v) is 3.63. The van der Waals surface area contributed by atoms with Crippen LogP contribution in [-0.4, -0.2) is 39.9 Å². The molecule has 0 unspecified atom stereocenters. The number of halogens is 1. The average Bonchev–Trinajstić information content (AvgIpc) is 2.82. The smallest absolute Gasteiger partial charge is 0.390 e. The van der Waals surface area contributed by atoms with Gasteiger partial charge in [-0.15, -0.1) is 5.10 Å². The van der Waals surface area contributed by atoms with Crippen LogP contribution in [0.4, 0.5) is 11.9 Å². The van der Waals surface area contributed by atoms with Gasteiger partial charge in [-0.05, 0) is 36.3 Å². The Morgan fingerprint density at radius 2 is 2.12 bits per heavy atom. The maximum Gasteiger partial charge on any atom is 0.493 e. The van der Waals surface area contributed by atoms with Crippen LogP contribution in [0.25, 0.3) is 0 Å². The predicted octanol–water partition coefficient (Wildman–Crippen LogP) is -0.782. The minimum absolute atomic E-state index is 0.0269. The summed E-state index contributed by atoms with van der Waals surface area (Å²) >= 11 is 3.13. The van der Waals surface area contributed by atoms with E-state index in [2.05, 4.69) is 41.5 Å². The Morgan fingerprint density at radius 1 is 1.41 bits per heavy atom. The van der Waals surface area contributed by atoms with Crippen molar-refractivity contribution in [2.24, 2.45) is 0 Å². The molecule has 12 heteroatoms. The number of nitrogens with two attached hydrogens (primary N) is 1. The van der Waals surface area contributed by atoms with Crippen molar-refractivity contribution in [2.45, 2.75) is 13.1 Å². The normalized spacial score (nSPS) is 10.6. The van der Waals surface area contributed by atoms with E-state index in [0.29, 0.717) is 11.3 Å². The van der Waals surface area contributed by atoms with Crippen LogP contribution >= 0.6 is 15.9 Å². The van der Waals surface area contributed by atoms with Gasteiger partial charge in [-0.3, -0.25) is 0 Å². The van der Waals surface area contributed by atoms with E-state index < -0.39 is 10.9 Å². The molecule has 0 aliphatic rings. The summed E-state index contributed by atoms with van der Waals surface area (Å²) in [4.78, 5) is 13.2. The van der Waals surface area contributed by atoms with Crippen LogP contribution in [0, 0.1) is 10.1 Å². The fourth-order valence-corrected chi connectivity index (χ4v) is 1.42. The van der Waals surface area contributed by atoms with Gasteiger partial charge in [0.1, 0.15) is 0 Å².